The summed E-state index contributed by atoms with van der Waals surface area (Å²) in [6, 6.07) is 11.1. The topological polar surface area (TPSA) is 68.5 Å². The van der Waals surface area contributed by atoms with Crippen LogP contribution in [0, 0.1) is 0 Å². The van der Waals surface area contributed by atoms with Crippen LogP contribution in [-0.4, -0.2) is 18.0 Å². The molecule has 0 aliphatic carbocycles. The molecule has 2 rings (SSSR count). The van der Waals surface area contributed by atoms with E-state index in [-0.39, 0.29) is 5.91 Å². The van der Waals surface area contributed by atoms with Gasteiger partial charge < -0.3 is 14.5 Å². The minimum absolute atomic E-state index is 0.319. The lowest BCUT2D eigenvalue weighted by Gasteiger charge is -2.17. The molecule has 0 saturated carbocycles. The van der Waals surface area contributed by atoms with Crippen LogP contribution in [-0.2, 0) is 14.3 Å². The minimum Gasteiger partial charge on any atom is -0.450 e. The maximum absolute atomic E-state index is 12.4. The van der Waals surface area contributed by atoms with Gasteiger partial charge in [-0.3, -0.25) is 4.79 Å². The first-order valence-corrected chi connectivity index (χ1v) is 9.23. The molecule has 0 fully saturated rings. The van der Waals surface area contributed by atoms with Crippen molar-refractivity contribution in [1.82, 2.24) is 0 Å². The summed E-state index contributed by atoms with van der Waals surface area (Å²) in [5.74, 6) is -0.160. The van der Waals surface area contributed by atoms with Crippen LogP contribution in [0.4, 0.5) is 5.69 Å². The minimum atomic E-state index is -0.916. The van der Waals surface area contributed by atoms with Gasteiger partial charge in [0.05, 0.1) is 0 Å². The number of halogens is 1. The van der Waals surface area contributed by atoms with Gasteiger partial charge in [0.2, 0.25) is 0 Å². The molecule has 0 spiro atoms. The molecule has 6 heteroatoms. The van der Waals surface area contributed by atoms with Crippen molar-refractivity contribution in [3.63, 3.8) is 0 Å². The largest absolute Gasteiger partial charge is 0.450 e. The Morgan fingerprint density at radius 2 is 1.96 bits per heavy atom. The smallest absolute Gasteiger partial charge is 0.331 e. The number of anilines is 1. The lowest BCUT2D eigenvalue weighted by Crippen LogP contribution is -2.29. The van der Waals surface area contributed by atoms with Gasteiger partial charge in [-0.05, 0) is 65.0 Å². The van der Waals surface area contributed by atoms with Gasteiger partial charge in [-0.25, -0.2) is 4.79 Å². The summed E-state index contributed by atoms with van der Waals surface area (Å²) in [7, 11) is 0. The third kappa shape index (κ3) is 5.59. The highest BCUT2D eigenvalue weighted by atomic mass is 79.9. The Bertz CT molecular complexity index is 797. The molecule has 1 N–H and O–H groups in total. The first kappa shape index (κ1) is 20.0. The number of amides is 1. The Kier molecular flexibility index (Phi) is 7.21. The molecular formula is C20H22BrNO4. The predicted octanol–water partition coefficient (Wildman–Crippen LogP) is 5.14. The Labute approximate surface area is 161 Å². The molecule has 138 valence electrons. The molecule has 0 aliphatic rings. The van der Waals surface area contributed by atoms with Gasteiger partial charge in [-0.1, -0.05) is 32.0 Å². The van der Waals surface area contributed by atoms with E-state index in [9.17, 15) is 9.59 Å². The normalized spacial score (nSPS) is 13.4. The predicted molar refractivity (Wildman–Crippen MR) is 105 cm³/mol. The zero-order chi connectivity index (χ0) is 19.1. The van der Waals surface area contributed by atoms with Crippen molar-refractivity contribution >= 4 is 39.6 Å². The summed E-state index contributed by atoms with van der Waals surface area (Å²) in [6.07, 6.45) is 2.75. The summed E-state index contributed by atoms with van der Waals surface area (Å²) in [4.78, 5) is 24.2. The number of hydrogen-bond donors (Lipinski definition) is 1. The highest BCUT2D eigenvalue weighted by Crippen LogP contribution is 2.26. The second-order valence-corrected chi connectivity index (χ2v) is 6.72. The number of furan rings is 1. The third-order valence-electron chi connectivity index (χ3n) is 4.00. The second kappa shape index (κ2) is 9.38. The number of para-hydroxylation sites is 1. The second-order valence-electron chi connectivity index (χ2n) is 5.94. The van der Waals surface area contributed by atoms with E-state index in [2.05, 4.69) is 35.1 Å². The highest BCUT2D eigenvalue weighted by Gasteiger charge is 2.18. The van der Waals surface area contributed by atoms with E-state index < -0.39 is 12.1 Å². The van der Waals surface area contributed by atoms with Crippen LogP contribution in [0.3, 0.4) is 0 Å². The molecule has 1 aromatic heterocycles. The Balaban J connectivity index is 1.95. The molecule has 5 nitrogen and oxygen atoms in total. The fourth-order valence-electron chi connectivity index (χ4n) is 2.33. The lowest BCUT2D eigenvalue weighted by molar-refractivity contribution is -0.148. The molecule has 0 bridgehead atoms. The molecule has 1 heterocycles. The molecule has 2 atom stereocenters. The zero-order valence-corrected chi connectivity index (χ0v) is 16.6. The number of carbonyl (C=O) groups is 2. The van der Waals surface area contributed by atoms with Gasteiger partial charge in [0, 0.05) is 11.8 Å². The van der Waals surface area contributed by atoms with Crippen molar-refractivity contribution in [1.29, 1.82) is 0 Å². The zero-order valence-electron chi connectivity index (χ0n) is 15.0. The molecule has 0 aliphatic heterocycles. The fraction of sp³-hybridized carbons (Fsp3) is 0.300. The maximum atomic E-state index is 12.4. The van der Waals surface area contributed by atoms with E-state index in [0.717, 1.165) is 17.7 Å². The van der Waals surface area contributed by atoms with E-state index in [4.69, 9.17) is 9.15 Å². The number of benzene rings is 1. The van der Waals surface area contributed by atoms with Crippen LogP contribution in [0.25, 0.3) is 6.08 Å². The fourth-order valence-corrected chi connectivity index (χ4v) is 2.65. The van der Waals surface area contributed by atoms with Crippen molar-refractivity contribution in [2.24, 2.45) is 0 Å². The average Bonchev–Trinajstić information content (AvgIpc) is 3.05. The van der Waals surface area contributed by atoms with Crippen molar-refractivity contribution in [2.75, 3.05) is 5.32 Å². The van der Waals surface area contributed by atoms with Crippen LogP contribution < -0.4 is 5.32 Å². The van der Waals surface area contributed by atoms with Crippen LogP contribution in [0.15, 0.2) is 51.6 Å². The Morgan fingerprint density at radius 3 is 2.62 bits per heavy atom. The monoisotopic (exact) mass is 419 g/mol. The number of esters is 1. The Hall–Kier alpha value is -2.34. The van der Waals surface area contributed by atoms with Crippen LogP contribution in [0.2, 0.25) is 0 Å². The van der Waals surface area contributed by atoms with Crippen LogP contribution in [0.1, 0.15) is 44.4 Å². The van der Waals surface area contributed by atoms with Gasteiger partial charge in [0.15, 0.2) is 10.8 Å². The van der Waals surface area contributed by atoms with E-state index in [0.29, 0.717) is 16.3 Å². The van der Waals surface area contributed by atoms with E-state index in [1.54, 1.807) is 12.1 Å². The van der Waals surface area contributed by atoms with E-state index in [1.807, 2.05) is 24.3 Å². The first-order valence-electron chi connectivity index (χ1n) is 8.44. The molecule has 0 saturated heterocycles. The number of ether oxygens (including phenoxy) is 1. The van der Waals surface area contributed by atoms with Crippen molar-refractivity contribution in [3.8, 4) is 0 Å². The summed E-state index contributed by atoms with van der Waals surface area (Å²) >= 11 is 3.18. The molecular weight excluding hydrogens is 398 g/mol. The molecule has 0 unspecified atom stereocenters. The standard InChI is InChI=1S/C20H22BrNO4/c1-4-13(2)16-7-5-6-8-17(16)22-20(24)14(3)25-19(23)12-10-15-9-11-18(21)26-15/h5-14H,4H2,1-3H3,(H,22,24)/b12-10+/t13-,14+/m0/s1. The summed E-state index contributed by atoms with van der Waals surface area (Å²) < 4.78 is 11.0. The lowest BCUT2D eigenvalue weighted by atomic mass is 9.97. The van der Waals surface area contributed by atoms with Gasteiger partial charge in [-0.2, -0.15) is 0 Å². The van der Waals surface area contributed by atoms with Gasteiger partial charge >= 0.3 is 5.97 Å². The quantitative estimate of drug-likeness (QED) is 0.498. The summed E-state index contributed by atoms with van der Waals surface area (Å²) in [5, 5.41) is 2.84. The third-order valence-corrected chi connectivity index (χ3v) is 4.43. The summed E-state index contributed by atoms with van der Waals surface area (Å²) in [5.41, 5.74) is 1.80. The van der Waals surface area contributed by atoms with Crippen molar-refractivity contribution < 1.29 is 18.7 Å². The maximum Gasteiger partial charge on any atom is 0.331 e. The number of rotatable bonds is 7. The summed E-state index contributed by atoms with van der Waals surface area (Å²) in [6.45, 7) is 5.74. The average molecular weight is 420 g/mol. The van der Waals surface area contributed by atoms with E-state index in [1.165, 1.54) is 19.1 Å². The van der Waals surface area contributed by atoms with Gasteiger partial charge in [-0.15, -0.1) is 0 Å². The van der Waals surface area contributed by atoms with Crippen LogP contribution >= 0.6 is 15.9 Å². The van der Waals surface area contributed by atoms with E-state index >= 15 is 0 Å². The van der Waals surface area contributed by atoms with Crippen LogP contribution in [0.5, 0.6) is 0 Å². The number of carbonyl (C=O) groups excluding carboxylic acids is 2. The highest BCUT2D eigenvalue weighted by molar-refractivity contribution is 9.10. The van der Waals surface area contributed by atoms with Crippen molar-refractivity contribution in [2.45, 2.75) is 39.2 Å². The van der Waals surface area contributed by atoms with Crippen molar-refractivity contribution in [3.05, 3.63) is 58.5 Å². The molecule has 1 aromatic carbocycles. The van der Waals surface area contributed by atoms with Gasteiger partial charge in [0.25, 0.3) is 5.91 Å². The number of hydrogen-bond acceptors (Lipinski definition) is 4. The molecule has 0 radical (unpaired) electrons. The number of nitrogens with one attached hydrogen (secondary N) is 1. The van der Waals surface area contributed by atoms with Gasteiger partial charge in [0.1, 0.15) is 5.76 Å². The first-order chi connectivity index (χ1) is 12.4. The molecule has 26 heavy (non-hydrogen) atoms. The molecule has 2 aromatic rings. The SMILES string of the molecule is CC[C@H](C)c1ccccc1NC(=O)[C@@H](C)OC(=O)/C=C/c1ccc(Br)o1. The molecule has 1 amide bonds. The Morgan fingerprint density at radius 1 is 1.23 bits per heavy atom.